The number of hydrogen-bond donors (Lipinski definition) is 1. The number of aromatic nitrogens is 4. The van der Waals surface area contributed by atoms with E-state index >= 15 is 0 Å². The molecule has 1 unspecified atom stereocenters. The van der Waals surface area contributed by atoms with E-state index in [4.69, 9.17) is 0 Å². The summed E-state index contributed by atoms with van der Waals surface area (Å²) in [5.74, 6) is 2.24. The Kier molecular flexibility index (Phi) is 5.01. The van der Waals surface area contributed by atoms with Gasteiger partial charge in [-0.3, -0.25) is 9.20 Å². The van der Waals surface area contributed by atoms with Crippen LogP contribution in [0.5, 0.6) is 0 Å². The van der Waals surface area contributed by atoms with Gasteiger partial charge in [0.05, 0.1) is 5.75 Å². The topological polar surface area (TPSA) is 75.4 Å². The van der Waals surface area contributed by atoms with Crippen LogP contribution in [0.1, 0.15) is 12.0 Å². The van der Waals surface area contributed by atoms with Crippen LogP contribution in [0.3, 0.4) is 0 Å². The predicted octanol–water partition coefficient (Wildman–Crippen LogP) is 1.75. The normalized spacial score (nSPS) is 16.9. The molecule has 0 spiro atoms. The summed E-state index contributed by atoms with van der Waals surface area (Å²) in [4.78, 5) is 18.8. The molecule has 3 aromatic rings. The van der Waals surface area contributed by atoms with Crippen molar-refractivity contribution in [2.75, 3.05) is 23.7 Å². The van der Waals surface area contributed by atoms with Gasteiger partial charge in [0.2, 0.25) is 11.6 Å². The van der Waals surface area contributed by atoms with Crippen LogP contribution in [0, 0.1) is 0 Å². The lowest BCUT2D eigenvalue weighted by molar-refractivity contribution is -0.119. The molecular formula is C18H20N6OS. The largest absolute Gasteiger partial charge is 0.351 e. The van der Waals surface area contributed by atoms with Gasteiger partial charge in [-0.2, -0.15) is 0 Å². The first-order chi connectivity index (χ1) is 12.8. The van der Waals surface area contributed by atoms with Crippen molar-refractivity contribution < 1.29 is 4.79 Å². The maximum atomic E-state index is 12.2. The molecule has 1 saturated heterocycles. The second-order valence-corrected chi connectivity index (χ2v) is 7.28. The van der Waals surface area contributed by atoms with Crippen molar-refractivity contribution >= 4 is 29.1 Å². The van der Waals surface area contributed by atoms with E-state index in [9.17, 15) is 4.79 Å². The highest BCUT2D eigenvalue weighted by Gasteiger charge is 2.26. The number of carbonyl (C=O) groups is 1. The Bertz CT molecular complexity index is 884. The van der Waals surface area contributed by atoms with E-state index in [-0.39, 0.29) is 11.9 Å². The zero-order chi connectivity index (χ0) is 17.8. The summed E-state index contributed by atoms with van der Waals surface area (Å²) in [7, 11) is 0. The molecule has 0 bridgehead atoms. The molecule has 0 aliphatic carbocycles. The lowest BCUT2D eigenvalue weighted by Crippen LogP contribution is -2.38. The van der Waals surface area contributed by atoms with Gasteiger partial charge in [0, 0.05) is 37.3 Å². The summed E-state index contributed by atoms with van der Waals surface area (Å²) in [6.07, 6.45) is 6.15. The number of rotatable bonds is 6. The minimum Gasteiger partial charge on any atom is -0.351 e. The molecule has 1 aliphatic rings. The van der Waals surface area contributed by atoms with Crippen LogP contribution in [0.2, 0.25) is 0 Å². The standard InChI is InChI=1S/C18H20N6OS/c25-16(12-26-11-14-4-2-1-3-5-14)21-15-6-8-23(10-15)17-18-22-20-13-24(18)9-7-19-17/h1-5,7,9,13,15H,6,8,10-12H2,(H,21,25). The average Bonchev–Trinajstić information content (AvgIpc) is 3.31. The number of amides is 1. The van der Waals surface area contributed by atoms with Crippen LogP contribution in [0.25, 0.3) is 5.65 Å². The molecule has 1 N–H and O–H groups in total. The molecule has 1 fully saturated rings. The quantitative estimate of drug-likeness (QED) is 0.714. The van der Waals surface area contributed by atoms with Crippen LogP contribution in [0.15, 0.2) is 49.1 Å². The van der Waals surface area contributed by atoms with E-state index in [1.54, 1.807) is 24.3 Å². The zero-order valence-corrected chi connectivity index (χ0v) is 15.1. The zero-order valence-electron chi connectivity index (χ0n) is 14.3. The number of thioether (sulfide) groups is 1. The fourth-order valence-electron chi connectivity index (χ4n) is 3.14. The fourth-order valence-corrected chi connectivity index (χ4v) is 3.94. The SMILES string of the molecule is O=C(CSCc1ccccc1)NC1CCN(c2nccn3cnnc23)C1. The molecule has 7 nitrogen and oxygen atoms in total. The van der Waals surface area contributed by atoms with E-state index in [1.807, 2.05) is 28.8 Å². The molecule has 1 amide bonds. The molecule has 26 heavy (non-hydrogen) atoms. The number of carbonyl (C=O) groups excluding carboxylic acids is 1. The molecule has 3 heterocycles. The summed E-state index contributed by atoms with van der Waals surface area (Å²) in [5, 5.41) is 11.2. The molecule has 8 heteroatoms. The van der Waals surface area contributed by atoms with E-state index in [1.165, 1.54) is 5.56 Å². The van der Waals surface area contributed by atoms with Gasteiger partial charge in [0.15, 0.2) is 5.82 Å². The van der Waals surface area contributed by atoms with Crippen LogP contribution in [0.4, 0.5) is 5.82 Å². The van der Waals surface area contributed by atoms with Crippen LogP contribution < -0.4 is 10.2 Å². The lowest BCUT2D eigenvalue weighted by atomic mass is 10.2. The van der Waals surface area contributed by atoms with Gasteiger partial charge < -0.3 is 10.2 Å². The Morgan fingerprint density at radius 1 is 1.31 bits per heavy atom. The lowest BCUT2D eigenvalue weighted by Gasteiger charge is -2.18. The Morgan fingerprint density at radius 2 is 2.19 bits per heavy atom. The maximum Gasteiger partial charge on any atom is 0.230 e. The summed E-state index contributed by atoms with van der Waals surface area (Å²) < 4.78 is 1.86. The first kappa shape index (κ1) is 16.8. The Balaban J connectivity index is 1.27. The van der Waals surface area contributed by atoms with Gasteiger partial charge in [-0.15, -0.1) is 22.0 Å². The summed E-state index contributed by atoms with van der Waals surface area (Å²) in [6, 6.07) is 10.3. The Labute approximate surface area is 155 Å². The molecule has 1 aliphatic heterocycles. The number of benzene rings is 1. The van der Waals surface area contributed by atoms with Gasteiger partial charge in [-0.05, 0) is 12.0 Å². The molecule has 1 aromatic carbocycles. The van der Waals surface area contributed by atoms with Crippen LogP contribution >= 0.6 is 11.8 Å². The maximum absolute atomic E-state index is 12.2. The van der Waals surface area contributed by atoms with Crippen LogP contribution in [-0.2, 0) is 10.5 Å². The average molecular weight is 368 g/mol. The smallest absolute Gasteiger partial charge is 0.230 e. The molecule has 134 valence electrons. The van der Waals surface area contributed by atoms with E-state index in [0.717, 1.165) is 36.7 Å². The Morgan fingerprint density at radius 3 is 3.08 bits per heavy atom. The summed E-state index contributed by atoms with van der Waals surface area (Å²) in [5.41, 5.74) is 1.99. The van der Waals surface area contributed by atoms with E-state index < -0.39 is 0 Å². The fraction of sp³-hybridized carbons (Fsp3) is 0.333. The predicted molar refractivity (Wildman–Crippen MR) is 102 cm³/mol. The van der Waals surface area contributed by atoms with Crippen molar-refractivity contribution in [1.82, 2.24) is 24.9 Å². The van der Waals surface area contributed by atoms with Crippen molar-refractivity contribution in [1.29, 1.82) is 0 Å². The van der Waals surface area contributed by atoms with E-state index in [0.29, 0.717) is 5.75 Å². The third-order valence-corrected chi connectivity index (χ3v) is 5.40. The monoisotopic (exact) mass is 368 g/mol. The third kappa shape index (κ3) is 3.80. The molecule has 4 rings (SSSR count). The second kappa shape index (κ2) is 7.74. The van der Waals surface area contributed by atoms with E-state index in [2.05, 4.69) is 37.5 Å². The third-order valence-electron chi connectivity index (χ3n) is 4.39. The first-order valence-corrected chi connectivity index (χ1v) is 9.75. The number of hydrogen-bond acceptors (Lipinski definition) is 6. The minimum atomic E-state index is 0.0893. The highest BCUT2D eigenvalue weighted by Crippen LogP contribution is 2.21. The molecule has 0 saturated carbocycles. The van der Waals surface area contributed by atoms with Crippen molar-refractivity contribution in [2.24, 2.45) is 0 Å². The molecule has 1 atom stereocenters. The van der Waals surface area contributed by atoms with Gasteiger partial charge in [-0.25, -0.2) is 4.98 Å². The highest BCUT2D eigenvalue weighted by atomic mass is 32.2. The minimum absolute atomic E-state index is 0.0893. The molecular weight excluding hydrogens is 348 g/mol. The van der Waals surface area contributed by atoms with Gasteiger partial charge >= 0.3 is 0 Å². The van der Waals surface area contributed by atoms with Crippen molar-refractivity contribution in [3.8, 4) is 0 Å². The van der Waals surface area contributed by atoms with Crippen molar-refractivity contribution in [3.05, 3.63) is 54.6 Å². The second-order valence-electron chi connectivity index (χ2n) is 6.29. The van der Waals surface area contributed by atoms with Gasteiger partial charge in [0.25, 0.3) is 0 Å². The first-order valence-electron chi connectivity index (χ1n) is 8.60. The molecule has 0 radical (unpaired) electrons. The van der Waals surface area contributed by atoms with Gasteiger partial charge in [0.1, 0.15) is 6.33 Å². The Hall–Kier alpha value is -2.61. The molecule has 2 aromatic heterocycles. The van der Waals surface area contributed by atoms with Crippen molar-refractivity contribution in [3.63, 3.8) is 0 Å². The van der Waals surface area contributed by atoms with Gasteiger partial charge in [-0.1, -0.05) is 30.3 Å². The number of nitrogens with zero attached hydrogens (tertiary/aromatic N) is 5. The summed E-state index contributed by atoms with van der Waals surface area (Å²) >= 11 is 1.64. The number of anilines is 1. The van der Waals surface area contributed by atoms with Crippen molar-refractivity contribution in [2.45, 2.75) is 18.2 Å². The summed E-state index contributed by atoms with van der Waals surface area (Å²) in [6.45, 7) is 1.59. The number of fused-ring (bicyclic) bond motifs is 1. The van der Waals surface area contributed by atoms with Crippen LogP contribution in [-0.4, -0.2) is 50.4 Å². The number of nitrogens with one attached hydrogen (secondary N) is 1. The highest BCUT2D eigenvalue weighted by molar-refractivity contribution is 7.99.